The maximum absolute atomic E-state index is 5.79. The minimum Gasteiger partial charge on any atom is -0.490 e. The molecule has 3 nitrogen and oxygen atoms in total. The van der Waals surface area contributed by atoms with E-state index in [1.165, 1.54) is 21.5 Å². The fraction of sp³-hybridized carbons (Fsp3) is 0.0213. The normalized spacial score (nSPS) is 11.0. The first kappa shape index (κ1) is 30.7. The molecule has 0 N–H and O–H groups in total. The number of hydrogen-bond acceptors (Lipinski definition) is 3. The molecule has 0 aromatic heterocycles. The summed E-state index contributed by atoms with van der Waals surface area (Å²) in [6.07, 6.45) is 1.76. The standard InChI is InChI=1S/C47H36N2O/c1-2-34-50-43-32-30-42(31-33-43)49(47-21-11-15-38-13-7-9-19-45(38)47)41-28-24-36(25-29-41)35-22-26-40(27-23-35)48(39-16-4-3-5-17-39)46-20-10-14-37-12-6-8-18-44(37)46/h2-33H,1,34H2. The fourth-order valence-corrected chi connectivity index (χ4v) is 6.69. The zero-order chi connectivity index (χ0) is 33.7. The molecule has 0 spiro atoms. The summed E-state index contributed by atoms with van der Waals surface area (Å²) < 4.78 is 5.79. The highest BCUT2D eigenvalue weighted by atomic mass is 16.5. The van der Waals surface area contributed by atoms with Crippen LogP contribution in [0.3, 0.4) is 0 Å². The van der Waals surface area contributed by atoms with E-state index < -0.39 is 0 Å². The highest BCUT2D eigenvalue weighted by Crippen LogP contribution is 2.42. The van der Waals surface area contributed by atoms with Gasteiger partial charge in [0.05, 0.1) is 11.4 Å². The van der Waals surface area contributed by atoms with Crippen molar-refractivity contribution in [3.63, 3.8) is 0 Å². The van der Waals surface area contributed by atoms with Crippen molar-refractivity contribution < 1.29 is 4.74 Å². The Balaban J connectivity index is 1.15. The first-order valence-electron chi connectivity index (χ1n) is 16.9. The number of benzene rings is 8. The van der Waals surface area contributed by atoms with Crippen molar-refractivity contribution in [2.75, 3.05) is 16.4 Å². The van der Waals surface area contributed by atoms with Gasteiger partial charge in [-0.25, -0.2) is 0 Å². The van der Waals surface area contributed by atoms with E-state index in [1.807, 2.05) is 12.1 Å². The van der Waals surface area contributed by atoms with Crippen LogP contribution in [-0.2, 0) is 0 Å². The number of anilines is 6. The second-order valence-corrected chi connectivity index (χ2v) is 12.2. The van der Waals surface area contributed by atoms with Gasteiger partial charge in [-0.15, -0.1) is 0 Å². The molecule has 0 fully saturated rings. The third-order valence-corrected chi connectivity index (χ3v) is 9.08. The summed E-state index contributed by atoms with van der Waals surface area (Å²) in [5.74, 6) is 0.816. The molecule has 0 saturated carbocycles. The van der Waals surface area contributed by atoms with Crippen LogP contribution in [0.1, 0.15) is 0 Å². The van der Waals surface area contributed by atoms with Crippen molar-refractivity contribution in [3.8, 4) is 16.9 Å². The second kappa shape index (κ2) is 13.9. The smallest absolute Gasteiger partial charge is 0.119 e. The SMILES string of the molecule is C=CCOc1ccc(N(c2ccc(-c3ccc(N(c4ccccc4)c4cccc5ccccc45)cc3)cc2)c2cccc3ccccc23)cc1. The second-order valence-electron chi connectivity index (χ2n) is 12.2. The van der Waals surface area contributed by atoms with E-state index in [2.05, 4.69) is 192 Å². The van der Waals surface area contributed by atoms with Gasteiger partial charge in [0, 0.05) is 33.5 Å². The van der Waals surface area contributed by atoms with Crippen molar-refractivity contribution in [2.45, 2.75) is 0 Å². The lowest BCUT2D eigenvalue weighted by molar-refractivity contribution is 0.363. The topological polar surface area (TPSA) is 15.7 Å². The van der Waals surface area contributed by atoms with Gasteiger partial charge in [-0.1, -0.05) is 128 Å². The first-order valence-corrected chi connectivity index (χ1v) is 16.9. The molecular formula is C47H36N2O. The monoisotopic (exact) mass is 644 g/mol. The van der Waals surface area contributed by atoms with Crippen LogP contribution in [0.15, 0.2) is 201 Å². The molecule has 0 amide bonds. The number of hydrogen-bond donors (Lipinski definition) is 0. The average Bonchev–Trinajstić information content (AvgIpc) is 3.19. The molecule has 0 aliphatic heterocycles. The van der Waals surface area contributed by atoms with Crippen LogP contribution in [0.5, 0.6) is 5.75 Å². The molecule has 0 bridgehead atoms. The molecule has 50 heavy (non-hydrogen) atoms. The molecule has 8 aromatic carbocycles. The van der Waals surface area contributed by atoms with Crippen molar-refractivity contribution >= 4 is 55.7 Å². The Labute approximate surface area is 293 Å². The van der Waals surface area contributed by atoms with Crippen molar-refractivity contribution in [1.29, 1.82) is 0 Å². The van der Waals surface area contributed by atoms with E-state index in [1.54, 1.807) is 6.08 Å². The molecule has 0 heterocycles. The third-order valence-electron chi connectivity index (χ3n) is 9.08. The summed E-state index contributed by atoms with van der Waals surface area (Å²) in [6.45, 7) is 4.24. The van der Waals surface area contributed by atoms with Crippen LogP contribution in [0.2, 0.25) is 0 Å². The lowest BCUT2D eigenvalue weighted by Crippen LogP contribution is -2.10. The molecule has 0 radical (unpaired) electrons. The predicted molar refractivity (Wildman–Crippen MR) is 212 cm³/mol. The lowest BCUT2D eigenvalue weighted by Gasteiger charge is -2.27. The molecule has 0 atom stereocenters. The van der Waals surface area contributed by atoms with Gasteiger partial charge in [0.1, 0.15) is 12.4 Å². The number of rotatable bonds is 10. The fourth-order valence-electron chi connectivity index (χ4n) is 6.69. The Morgan fingerprint density at radius 2 is 0.800 bits per heavy atom. The first-order chi connectivity index (χ1) is 24.8. The van der Waals surface area contributed by atoms with Gasteiger partial charge in [0.15, 0.2) is 0 Å². The summed E-state index contributed by atoms with van der Waals surface area (Å²) in [5, 5.41) is 4.83. The minimum absolute atomic E-state index is 0.474. The van der Waals surface area contributed by atoms with Gasteiger partial charge in [0.2, 0.25) is 0 Å². The summed E-state index contributed by atoms with van der Waals surface area (Å²) in [5.41, 5.74) is 8.95. The zero-order valence-corrected chi connectivity index (χ0v) is 27.7. The predicted octanol–water partition coefficient (Wildman–Crippen LogP) is 13.2. The van der Waals surface area contributed by atoms with Crippen LogP contribution in [0.4, 0.5) is 34.1 Å². The summed E-state index contributed by atoms with van der Waals surface area (Å²) >= 11 is 0. The van der Waals surface area contributed by atoms with Crippen LogP contribution in [-0.4, -0.2) is 6.61 Å². The average molecular weight is 645 g/mol. The van der Waals surface area contributed by atoms with E-state index in [0.29, 0.717) is 6.61 Å². The molecule has 0 saturated heterocycles. The molecule has 0 aliphatic carbocycles. The van der Waals surface area contributed by atoms with E-state index in [0.717, 1.165) is 51.0 Å². The molecule has 240 valence electrons. The van der Waals surface area contributed by atoms with Crippen LogP contribution < -0.4 is 14.5 Å². The molecule has 8 aromatic rings. The van der Waals surface area contributed by atoms with E-state index in [4.69, 9.17) is 4.74 Å². The third kappa shape index (κ3) is 6.09. The molecule has 8 rings (SSSR count). The van der Waals surface area contributed by atoms with Crippen LogP contribution >= 0.6 is 0 Å². The maximum atomic E-state index is 5.79. The number of ether oxygens (including phenoxy) is 1. The van der Waals surface area contributed by atoms with Crippen molar-refractivity contribution in [3.05, 3.63) is 201 Å². The molecule has 0 unspecified atom stereocenters. The van der Waals surface area contributed by atoms with E-state index in [-0.39, 0.29) is 0 Å². The van der Waals surface area contributed by atoms with Crippen molar-refractivity contribution in [2.24, 2.45) is 0 Å². The number of para-hydroxylation sites is 1. The van der Waals surface area contributed by atoms with E-state index in [9.17, 15) is 0 Å². The summed E-state index contributed by atoms with van der Waals surface area (Å²) in [7, 11) is 0. The molecular weight excluding hydrogens is 609 g/mol. The van der Waals surface area contributed by atoms with Crippen LogP contribution in [0, 0.1) is 0 Å². The Morgan fingerprint density at radius 1 is 0.400 bits per heavy atom. The summed E-state index contributed by atoms with van der Waals surface area (Å²) in [6, 6.07) is 66.6. The number of nitrogens with zero attached hydrogens (tertiary/aromatic N) is 2. The van der Waals surface area contributed by atoms with E-state index >= 15 is 0 Å². The van der Waals surface area contributed by atoms with Gasteiger partial charge in [-0.2, -0.15) is 0 Å². The lowest BCUT2D eigenvalue weighted by atomic mass is 10.0. The maximum Gasteiger partial charge on any atom is 0.119 e. The summed E-state index contributed by atoms with van der Waals surface area (Å²) in [4.78, 5) is 4.65. The Morgan fingerprint density at radius 3 is 1.28 bits per heavy atom. The van der Waals surface area contributed by atoms with Gasteiger partial charge < -0.3 is 14.5 Å². The Kier molecular flexibility index (Phi) is 8.53. The highest BCUT2D eigenvalue weighted by Gasteiger charge is 2.17. The van der Waals surface area contributed by atoms with Gasteiger partial charge in [-0.05, 0) is 94.7 Å². The van der Waals surface area contributed by atoms with Crippen LogP contribution in [0.25, 0.3) is 32.7 Å². The zero-order valence-electron chi connectivity index (χ0n) is 27.7. The van der Waals surface area contributed by atoms with Gasteiger partial charge >= 0.3 is 0 Å². The Bertz CT molecular complexity index is 2370. The number of fused-ring (bicyclic) bond motifs is 2. The quantitative estimate of drug-likeness (QED) is 0.138. The van der Waals surface area contributed by atoms with Crippen molar-refractivity contribution in [1.82, 2.24) is 0 Å². The highest BCUT2D eigenvalue weighted by molar-refractivity contribution is 6.00. The van der Waals surface area contributed by atoms with Gasteiger partial charge in [-0.3, -0.25) is 0 Å². The molecule has 0 aliphatic rings. The largest absolute Gasteiger partial charge is 0.490 e. The molecule has 3 heteroatoms. The minimum atomic E-state index is 0.474. The van der Waals surface area contributed by atoms with Gasteiger partial charge in [0.25, 0.3) is 0 Å². The Hall–Kier alpha value is -6.58.